The molecule has 0 saturated carbocycles. The van der Waals surface area contributed by atoms with Gasteiger partial charge in [0, 0.05) is 6.54 Å². The summed E-state index contributed by atoms with van der Waals surface area (Å²) in [6, 6.07) is 0.896. The Morgan fingerprint density at radius 2 is 1.75 bits per heavy atom. The van der Waals surface area contributed by atoms with Gasteiger partial charge >= 0.3 is 12.4 Å². The zero-order valence-corrected chi connectivity index (χ0v) is 10.1. The lowest BCUT2D eigenvalue weighted by Gasteiger charge is -2.27. The number of halogens is 6. The van der Waals surface area contributed by atoms with Gasteiger partial charge in [0.05, 0.1) is 30.4 Å². The summed E-state index contributed by atoms with van der Waals surface area (Å²) < 4.78 is 81.4. The molecule has 0 amide bonds. The first-order valence-corrected chi connectivity index (χ1v) is 5.79. The fourth-order valence-corrected chi connectivity index (χ4v) is 2.05. The van der Waals surface area contributed by atoms with Gasteiger partial charge < -0.3 is 10.1 Å². The Kier molecular flexibility index (Phi) is 3.97. The highest BCUT2D eigenvalue weighted by Gasteiger charge is 2.39. The lowest BCUT2D eigenvalue weighted by Crippen LogP contribution is -2.35. The number of hydrogen-bond acceptors (Lipinski definition) is 2. The molecule has 0 spiro atoms. The standard InChI is InChI=1S/C12H11F6NO/c13-11(14,15)7-1-2-8(9(5-7)12(16,17)18)10-6-20-4-3-19-10/h1-2,5,10,19H,3-4,6H2/t10-/m0/s1. The van der Waals surface area contributed by atoms with Crippen molar-refractivity contribution in [2.75, 3.05) is 19.8 Å². The Labute approximate surface area is 110 Å². The fraction of sp³-hybridized carbons (Fsp3) is 0.500. The monoisotopic (exact) mass is 299 g/mol. The molecule has 1 aliphatic rings. The van der Waals surface area contributed by atoms with Crippen LogP contribution in [-0.4, -0.2) is 19.8 Å². The Hall–Kier alpha value is -1.28. The van der Waals surface area contributed by atoms with Gasteiger partial charge in [-0.2, -0.15) is 26.3 Å². The van der Waals surface area contributed by atoms with Crippen LogP contribution in [0.4, 0.5) is 26.3 Å². The zero-order chi connectivity index (χ0) is 15.0. The van der Waals surface area contributed by atoms with E-state index in [0.717, 1.165) is 6.07 Å². The second-order valence-electron chi connectivity index (χ2n) is 4.38. The number of ether oxygens (including phenoxy) is 1. The maximum Gasteiger partial charge on any atom is 0.416 e. The predicted octanol–water partition coefficient (Wildman–Crippen LogP) is 3.39. The maximum atomic E-state index is 12.9. The molecular weight excluding hydrogens is 288 g/mol. The average Bonchev–Trinajstić information content (AvgIpc) is 2.37. The van der Waals surface area contributed by atoms with Crippen molar-refractivity contribution < 1.29 is 31.1 Å². The summed E-state index contributed by atoms with van der Waals surface area (Å²) in [6.45, 7) is 0.704. The van der Waals surface area contributed by atoms with Gasteiger partial charge in [0.25, 0.3) is 0 Å². The topological polar surface area (TPSA) is 21.3 Å². The molecule has 1 atom stereocenters. The lowest BCUT2D eigenvalue weighted by atomic mass is 9.97. The van der Waals surface area contributed by atoms with Crippen molar-refractivity contribution in [2.24, 2.45) is 0 Å². The van der Waals surface area contributed by atoms with E-state index >= 15 is 0 Å². The van der Waals surface area contributed by atoms with Crippen molar-refractivity contribution in [2.45, 2.75) is 18.4 Å². The van der Waals surface area contributed by atoms with Crippen LogP contribution in [0.25, 0.3) is 0 Å². The molecule has 0 bridgehead atoms. The number of benzene rings is 1. The van der Waals surface area contributed by atoms with Gasteiger partial charge in [-0.1, -0.05) is 6.07 Å². The van der Waals surface area contributed by atoms with Crippen LogP contribution in [0.3, 0.4) is 0 Å². The minimum absolute atomic E-state index is 0.00551. The highest BCUT2D eigenvalue weighted by Crippen LogP contribution is 2.39. The zero-order valence-electron chi connectivity index (χ0n) is 10.1. The minimum Gasteiger partial charge on any atom is -0.378 e. The van der Waals surface area contributed by atoms with Crippen molar-refractivity contribution in [1.29, 1.82) is 0 Å². The SMILES string of the molecule is FC(F)(F)c1ccc([C@@H]2COCCN2)c(C(F)(F)F)c1. The maximum absolute atomic E-state index is 12.9. The van der Waals surface area contributed by atoms with E-state index in [1.54, 1.807) is 0 Å². The molecule has 0 aromatic heterocycles. The van der Waals surface area contributed by atoms with Crippen LogP contribution in [0.2, 0.25) is 0 Å². The Bertz CT molecular complexity index is 476. The molecule has 0 aliphatic carbocycles. The third kappa shape index (κ3) is 3.24. The average molecular weight is 299 g/mol. The summed E-state index contributed by atoms with van der Waals surface area (Å²) in [5.41, 5.74) is -2.83. The summed E-state index contributed by atoms with van der Waals surface area (Å²) in [5, 5.41) is 2.80. The molecule has 20 heavy (non-hydrogen) atoms. The van der Waals surface area contributed by atoms with Crippen molar-refractivity contribution in [3.63, 3.8) is 0 Å². The third-order valence-electron chi connectivity index (χ3n) is 2.98. The Morgan fingerprint density at radius 1 is 1.05 bits per heavy atom. The molecule has 112 valence electrons. The second-order valence-corrected chi connectivity index (χ2v) is 4.38. The summed E-state index contributed by atoms with van der Waals surface area (Å²) >= 11 is 0. The quantitative estimate of drug-likeness (QED) is 0.803. The van der Waals surface area contributed by atoms with Crippen molar-refractivity contribution in [3.8, 4) is 0 Å². The normalized spacial score (nSPS) is 21.0. The van der Waals surface area contributed by atoms with Crippen LogP contribution in [0.15, 0.2) is 18.2 Å². The van der Waals surface area contributed by atoms with Crippen LogP contribution in [-0.2, 0) is 17.1 Å². The van der Waals surface area contributed by atoms with Crippen LogP contribution >= 0.6 is 0 Å². The van der Waals surface area contributed by atoms with Gasteiger partial charge in [0.1, 0.15) is 0 Å². The van der Waals surface area contributed by atoms with Crippen molar-refractivity contribution in [3.05, 3.63) is 34.9 Å². The molecule has 2 nitrogen and oxygen atoms in total. The number of hydrogen-bond donors (Lipinski definition) is 1. The van der Waals surface area contributed by atoms with E-state index in [4.69, 9.17) is 4.74 Å². The van der Waals surface area contributed by atoms with Crippen LogP contribution in [0.1, 0.15) is 22.7 Å². The summed E-state index contributed by atoms with van der Waals surface area (Å²) in [4.78, 5) is 0. The molecule has 8 heteroatoms. The van der Waals surface area contributed by atoms with Gasteiger partial charge in [-0.15, -0.1) is 0 Å². The second kappa shape index (κ2) is 5.25. The van der Waals surface area contributed by atoms with Crippen molar-refractivity contribution >= 4 is 0 Å². The molecule has 1 aromatic rings. The molecule has 1 fully saturated rings. The molecule has 2 rings (SSSR count). The summed E-state index contributed by atoms with van der Waals surface area (Å²) in [7, 11) is 0. The summed E-state index contributed by atoms with van der Waals surface area (Å²) in [5.74, 6) is 0. The molecule has 0 unspecified atom stereocenters. The molecule has 1 heterocycles. The number of morpholine rings is 1. The largest absolute Gasteiger partial charge is 0.416 e. The van der Waals surface area contributed by atoms with Gasteiger partial charge in [0.2, 0.25) is 0 Å². The molecular formula is C12H11F6NO. The predicted molar refractivity (Wildman–Crippen MR) is 58.0 cm³/mol. The van der Waals surface area contributed by atoms with Crippen molar-refractivity contribution in [1.82, 2.24) is 5.32 Å². The Morgan fingerprint density at radius 3 is 2.25 bits per heavy atom. The first kappa shape index (κ1) is 15.1. The van der Waals surface area contributed by atoms with Gasteiger partial charge in [-0.25, -0.2) is 0 Å². The highest BCUT2D eigenvalue weighted by molar-refractivity contribution is 5.37. The van der Waals surface area contributed by atoms with Crippen LogP contribution in [0.5, 0.6) is 0 Å². The molecule has 1 saturated heterocycles. The van der Waals surface area contributed by atoms with Crippen LogP contribution in [0, 0.1) is 0 Å². The van der Waals surface area contributed by atoms with Crippen LogP contribution < -0.4 is 5.32 Å². The van der Waals surface area contributed by atoms with E-state index in [1.165, 1.54) is 0 Å². The molecule has 1 N–H and O–H groups in total. The van der Waals surface area contributed by atoms with E-state index in [0.29, 0.717) is 19.2 Å². The number of rotatable bonds is 1. The van der Waals surface area contributed by atoms with E-state index in [2.05, 4.69) is 5.32 Å². The minimum atomic E-state index is -4.85. The van der Waals surface area contributed by atoms with E-state index < -0.39 is 29.5 Å². The van der Waals surface area contributed by atoms with E-state index in [-0.39, 0.29) is 18.2 Å². The van der Waals surface area contributed by atoms with E-state index in [9.17, 15) is 26.3 Å². The van der Waals surface area contributed by atoms with E-state index in [1.807, 2.05) is 0 Å². The Balaban J connectivity index is 2.45. The smallest absolute Gasteiger partial charge is 0.378 e. The van der Waals surface area contributed by atoms with Gasteiger partial charge in [-0.05, 0) is 17.7 Å². The fourth-order valence-electron chi connectivity index (χ4n) is 2.05. The first-order valence-electron chi connectivity index (χ1n) is 5.79. The van der Waals surface area contributed by atoms with Gasteiger partial charge in [-0.3, -0.25) is 0 Å². The third-order valence-corrected chi connectivity index (χ3v) is 2.98. The summed E-state index contributed by atoms with van der Waals surface area (Å²) in [6.07, 6.45) is -9.66. The highest BCUT2D eigenvalue weighted by atomic mass is 19.4. The van der Waals surface area contributed by atoms with Gasteiger partial charge in [0.15, 0.2) is 0 Å². The first-order chi connectivity index (χ1) is 9.19. The lowest BCUT2D eigenvalue weighted by molar-refractivity contribution is -0.143. The molecule has 1 aliphatic heterocycles. The number of alkyl halides is 6. The molecule has 1 aromatic carbocycles. The number of nitrogens with one attached hydrogen (secondary N) is 1. The molecule has 0 radical (unpaired) electrons.